The third-order valence-corrected chi connectivity index (χ3v) is 2.51. The minimum atomic E-state index is -0.342. The number of rotatable bonds is 4. The first-order valence-electron chi connectivity index (χ1n) is 4.95. The molecule has 1 amide bonds. The molecule has 0 spiro atoms. The van der Waals surface area contributed by atoms with Gasteiger partial charge in [-0.05, 0) is 18.6 Å². The molecule has 1 aromatic rings. The molecule has 4 nitrogen and oxygen atoms in total. The van der Waals surface area contributed by atoms with Gasteiger partial charge >= 0.3 is 0 Å². The Kier molecular flexibility index (Phi) is 4.61. The predicted octanol–water partition coefficient (Wildman–Crippen LogP) is 2.00. The van der Waals surface area contributed by atoms with E-state index < -0.39 is 0 Å². The van der Waals surface area contributed by atoms with Crippen molar-refractivity contribution >= 4 is 21.8 Å². The van der Waals surface area contributed by atoms with Crippen LogP contribution in [0.25, 0.3) is 0 Å². The van der Waals surface area contributed by atoms with Gasteiger partial charge in [0.2, 0.25) is 0 Å². The average Bonchev–Trinajstić information content (AvgIpc) is 2.16. The van der Waals surface area contributed by atoms with E-state index in [0.717, 1.165) is 12.5 Å². The molecule has 0 aliphatic rings. The fourth-order valence-corrected chi connectivity index (χ4v) is 1.42. The Morgan fingerprint density at radius 1 is 1.50 bits per heavy atom. The topological polar surface area (TPSA) is 69.6 Å². The molecule has 0 aliphatic heterocycles. The normalized spacial score (nSPS) is 12.1. The van der Waals surface area contributed by atoms with E-state index in [2.05, 4.69) is 21.2 Å². The summed E-state index contributed by atoms with van der Waals surface area (Å²) in [5, 5.41) is 21.2. The largest absolute Gasteiger partial charge is 0.508 e. The lowest BCUT2D eigenvalue weighted by Crippen LogP contribution is -2.25. The summed E-state index contributed by atoms with van der Waals surface area (Å²) < 4.78 is 0. The second-order valence-corrected chi connectivity index (χ2v) is 5.09. The molecule has 3 N–H and O–H groups in total. The number of phenolic OH excluding ortho intramolecular Hbond substituents is 2. The SMILES string of the molecule is CC(Br)CCNC(=O)c1ccc(O)cc1O. The standard InChI is InChI=1S/C11H14BrNO3/c1-7(12)4-5-13-11(16)9-3-2-8(14)6-10(9)15/h2-3,6-7,14-15H,4-5H2,1H3,(H,13,16). The van der Waals surface area contributed by atoms with Crippen molar-refractivity contribution in [1.29, 1.82) is 0 Å². The third kappa shape index (κ3) is 3.73. The summed E-state index contributed by atoms with van der Waals surface area (Å²) in [6, 6.07) is 3.89. The molecule has 1 unspecified atom stereocenters. The van der Waals surface area contributed by atoms with E-state index in [1.807, 2.05) is 6.92 Å². The summed E-state index contributed by atoms with van der Waals surface area (Å²) in [4.78, 5) is 11.9. The predicted molar refractivity (Wildman–Crippen MR) is 65.1 cm³/mol. The van der Waals surface area contributed by atoms with Crippen molar-refractivity contribution in [3.05, 3.63) is 23.8 Å². The molecule has 5 heteroatoms. The zero-order chi connectivity index (χ0) is 12.1. The lowest BCUT2D eigenvalue weighted by molar-refractivity contribution is 0.0950. The van der Waals surface area contributed by atoms with Gasteiger partial charge in [-0.15, -0.1) is 0 Å². The summed E-state index contributed by atoms with van der Waals surface area (Å²) in [5.41, 5.74) is 0.167. The first kappa shape index (κ1) is 12.8. The maximum atomic E-state index is 11.6. The van der Waals surface area contributed by atoms with Crippen molar-refractivity contribution in [2.24, 2.45) is 0 Å². The number of amides is 1. The van der Waals surface area contributed by atoms with Crippen molar-refractivity contribution < 1.29 is 15.0 Å². The Balaban J connectivity index is 2.59. The van der Waals surface area contributed by atoms with E-state index in [4.69, 9.17) is 5.11 Å². The molecular formula is C11H14BrNO3. The van der Waals surface area contributed by atoms with Crippen LogP contribution in [0.2, 0.25) is 0 Å². The molecule has 1 atom stereocenters. The van der Waals surface area contributed by atoms with Crippen LogP contribution in [0, 0.1) is 0 Å². The van der Waals surface area contributed by atoms with Crippen LogP contribution in [0.15, 0.2) is 18.2 Å². The van der Waals surface area contributed by atoms with Gasteiger partial charge in [-0.3, -0.25) is 4.79 Å². The quantitative estimate of drug-likeness (QED) is 0.742. The third-order valence-electron chi connectivity index (χ3n) is 2.05. The number of hydrogen-bond acceptors (Lipinski definition) is 3. The smallest absolute Gasteiger partial charge is 0.255 e. The van der Waals surface area contributed by atoms with Gasteiger partial charge in [-0.2, -0.15) is 0 Å². The number of hydrogen-bond donors (Lipinski definition) is 3. The Hall–Kier alpha value is -1.23. The molecule has 16 heavy (non-hydrogen) atoms. The van der Waals surface area contributed by atoms with E-state index in [1.54, 1.807) is 0 Å². The van der Waals surface area contributed by atoms with Gasteiger partial charge in [0.05, 0.1) is 5.56 Å². The molecular weight excluding hydrogens is 274 g/mol. The van der Waals surface area contributed by atoms with Crippen LogP contribution in [0.1, 0.15) is 23.7 Å². The second-order valence-electron chi connectivity index (χ2n) is 3.53. The van der Waals surface area contributed by atoms with E-state index >= 15 is 0 Å². The van der Waals surface area contributed by atoms with Crippen LogP contribution in [-0.2, 0) is 0 Å². The van der Waals surface area contributed by atoms with Crippen LogP contribution >= 0.6 is 15.9 Å². The first-order chi connectivity index (χ1) is 7.50. The summed E-state index contributed by atoms with van der Waals surface area (Å²) in [7, 11) is 0. The van der Waals surface area contributed by atoms with E-state index in [1.165, 1.54) is 12.1 Å². The highest BCUT2D eigenvalue weighted by Crippen LogP contribution is 2.22. The number of benzene rings is 1. The molecule has 88 valence electrons. The van der Waals surface area contributed by atoms with Gasteiger partial charge in [0.25, 0.3) is 5.91 Å². The zero-order valence-electron chi connectivity index (χ0n) is 8.90. The molecule has 1 aromatic carbocycles. The Morgan fingerprint density at radius 3 is 2.75 bits per heavy atom. The van der Waals surface area contributed by atoms with Crippen molar-refractivity contribution in [3.63, 3.8) is 0 Å². The maximum Gasteiger partial charge on any atom is 0.255 e. The Labute approximate surface area is 102 Å². The molecule has 0 aliphatic carbocycles. The van der Waals surface area contributed by atoms with Crippen molar-refractivity contribution in [1.82, 2.24) is 5.32 Å². The minimum Gasteiger partial charge on any atom is -0.508 e. The number of phenols is 2. The van der Waals surface area contributed by atoms with Gasteiger partial charge in [-0.1, -0.05) is 22.9 Å². The molecule has 0 bridgehead atoms. The van der Waals surface area contributed by atoms with Crippen molar-refractivity contribution in [2.45, 2.75) is 18.2 Å². The molecule has 1 rings (SSSR count). The number of alkyl halides is 1. The Bertz CT molecular complexity index is 379. The summed E-state index contributed by atoms with van der Waals surface area (Å²) >= 11 is 3.37. The highest BCUT2D eigenvalue weighted by molar-refractivity contribution is 9.09. The first-order valence-corrected chi connectivity index (χ1v) is 5.86. The monoisotopic (exact) mass is 287 g/mol. The Morgan fingerprint density at radius 2 is 2.19 bits per heavy atom. The van der Waals surface area contributed by atoms with Gasteiger partial charge < -0.3 is 15.5 Å². The van der Waals surface area contributed by atoms with E-state index in [-0.39, 0.29) is 23.0 Å². The maximum absolute atomic E-state index is 11.6. The lowest BCUT2D eigenvalue weighted by atomic mass is 10.1. The molecule has 0 saturated heterocycles. The lowest BCUT2D eigenvalue weighted by Gasteiger charge is -2.07. The molecule has 0 radical (unpaired) electrons. The van der Waals surface area contributed by atoms with E-state index in [9.17, 15) is 9.90 Å². The van der Waals surface area contributed by atoms with Gasteiger partial charge in [0.15, 0.2) is 0 Å². The highest BCUT2D eigenvalue weighted by Gasteiger charge is 2.11. The van der Waals surface area contributed by atoms with Crippen LogP contribution in [0.5, 0.6) is 11.5 Å². The van der Waals surface area contributed by atoms with Gasteiger partial charge in [0, 0.05) is 17.4 Å². The fourth-order valence-electron chi connectivity index (χ4n) is 1.19. The summed E-state index contributed by atoms with van der Waals surface area (Å²) in [6.07, 6.45) is 0.810. The summed E-state index contributed by atoms with van der Waals surface area (Å²) in [6.45, 7) is 2.52. The second kappa shape index (κ2) is 5.75. The molecule has 0 fully saturated rings. The van der Waals surface area contributed by atoms with Crippen LogP contribution < -0.4 is 5.32 Å². The number of carbonyl (C=O) groups is 1. The molecule has 0 heterocycles. The molecule has 0 saturated carbocycles. The van der Waals surface area contributed by atoms with Crippen LogP contribution in [-0.4, -0.2) is 27.5 Å². The fraction of sp³-hybridized carbons (Fsp3) is 0.364. The van der Waals surface area contributed by atoms with Gasteiger partial charge in [-0.25, -0.2) is 0 Å². The highest BCUT2D eigenvalue weighted by atomic mass is 79.9. The van der Waals surface area contributed by atoms with Crippen LogP contribution in [0.4, 0.5) is 0 Å². The van der Waals surface area contributed by atoms with Gasteiger partial charge in [0.1, 0.15) is 11.5 Å². The van der Waals surface area contributed by atoms with Crippen molar-refractivity contribution in [2.75, 3.05) is 6.54 Å². The minimum absolute atomic E-state index is 0.0665. The van der Waals surface area contributed by atoms with Crippen LogP contribution in [0.3, 0.4) is 0 Å². The molecule has 0 aromatic heterocycles. The number of nitrogens with one attached hydrogen (secondary N) is 1. The van der Waals surface area contributed by atoms with Crippen molar-refractivity contribution in [3.8, 4) is 11.5 Å². The average molecular weight is 288 g/mol. The number of carbonyl (C=O) groups excluding carboxylic acids is 1. The number of aromatic hydroxyl groups is 2. The number of halogens is 1. The summed E-state index contributed by atoms with van der Waals surface area (Å²) in [5.74, 6) is -0.627. The zero-order valence-corrected chi connectivity index (χ0v) is 10.5. The van der Waals surface area contributed by atoms with E-state index in [0.29, 0.717) is 11.4 Å².